The molecule has 1 atom stereocenters. The average molecular weight is 295 g/mol. The van der Waals surface area contributed by atoms with Gasteiger partial charge in [0.2, 0.25) is 0 Å². The summed E-state index contributed by atoms with van der Waals surface area (Å²) in [5.41, 5.74) is 0.00861. The summed E-state index contributed by atoms with van der Waals surface area (Å²) in [5.74, 6) is -0.760. The van der Waals surface area contributed by atoms with Crippen molar-refractivity contribution in [1.29, 1.82) is 0 Å². The van der Waals surface area contributed by atoms with Crippen LogP contribution >= 0.6 is 0 Å². The molecule has 6 heteroatoms. The first-order valence-corrected chi connectivity index (χ1v) is 6.40. The van der Waals surface area contributed by atoms with Crippen LogP contribution < -0.4 is 10.1 Å². The summed E-state index contributed by atoms with van der Waals surface area (Å²) in [4.78, 5) is 12.1. The number of hydrogen-bond donors (Lipinski definition) is 2. The zero-order chi connectivity index (χ0) is 15.4. The first-order valence-electron chi connectivity index (χ1n) is 6.40. The predicted molar refractivity (Wildman–Crippen MR) is 74.6 cm³/mol. The van der Waals surface area contributed by atoms with Crippen LogP contribution in [0.3, 0.4) is 0 Å². The normalized spacial score (nSPS) is 12.4. The van der Waals surface area contributed by atoms with E-state index in [1.54, 1.807) is 31.2 Å². The molecule has 0 heterocycles. The van der Waals surface area contributed by atoms with Gasteiger partial charge in [0.05, 0.1) is 12.2 Å². The van der Waals surface area contributed by atoms with Gasteiger partial charge in [-0.1, -0.05) is 24.3 Å². The Morgan fingerprint density at radius 3 is 2.48 bits per heavy atom. The van der Waals surface area contributed by atoms with E-state index in [1.165, 1.54) is 12.1 Å². The van der Waals surface area contributed by atoms with Gasteiger partial charge in [0.25, 0.3) is 5.91 Å². The van der Waals surface area contributed by atoms with E-state index in [2.05, 4.69) is 10.1 Å². The second-order valence-electron chi connectivity index (χ2n) is 4.63. The molecule has 2 N–H and O–H groups in total. The van der Waals surface area contributed by atoms with Gasteiger partial charge in [-0.05, 0) is 29.8 Å². The Morgan fingerprint density at radius 1 is 1.29 bits per heavy atom. The van der Waals surface area contributed by atoms with Crippen LogP contribution in [0, 0.1) is 0 Å². The average Bonchev–Trinajstić information content (AvgIpc) is 2.45. The van der Waals surface area contributed by atoms with Crippen LogP contribution in [0.5, 0.6) is 5.75 Å². The molecule has 0 bridgehead atoms. The second-order valence-corrected chi connectivity index (χ2v) is 4.63. The zero-order valence-corrected chi connectivity index (χ0v) is 11.3. The van der Waals surface area contributed by atoms with Gasteiger partial charge in [-0.25, -0.2) is 0 Å². The molecule has 0 radical (unpaired) electrons. The van der Waals surface area contributed by atoms with Crippen molar-refractivity contribution in [2.45, 2.75) is 19.6 Å². The molecule has 2 aromatic rings. The molecule has 0 saturated heterocycles. The van der Waals surface area contributed by atoms with E-state index in [0.717, 1.165) is 5.39 Å². The van der Waals surface area contributed by atoms with E-state index in [9.17, 15) is 13.6 Å². The number of rotatable bonds is 5. The summed E-state index contributed by atoms with van der Waals surface area (Å²) in [6.07, 6.45) is 0. The van der Waals surface area contributed by atoms with Crippen LogP contribution in [0.25, 0.3) is 10.8 Å². The van der Waals surface area contributed by atoms with Crippen LogP contribution in [0.15, 0.2) is 36.4 Å². The maximum absolute atomic E-state index is 12.5. The third-order valence-corrected chi connectivity index (χ3v) is 2.96. The van der Waals surface area contributed by atoms with Crippen molar-refractivity contribution in [3.63, 3.8) is 0 Å². The highest BCUT2D eigenvalue weighted by molar-refractivity contribution is 6.01. The fourth-order valence-electron chi connectivity index (χ4n) is 1.94. The molecule has 4 nitrogen and oxygen atoms in total. The zero-order valence-electron chi connectivity index (χ0n) is 11.3. The number of aliphatic hydroxyl groups is 1. The van der Waals surface area contributed by atoms with E-state index < -0.39 is 18.6 Å². The lowest BCUT2D eigenvalue weighted by atomic mass is 10.1. The molecule has 0 aromatic heterocycles. The molecule has 2 aromatic carbocycles. The monoisotopic (exact) mass is 295 g/mol. The van der Waals surface area contributed by atoms with E-state index in [0.29, 0.717) is 5.39 Å². The Kier molecular flexibility index (Phi) is 4.70. The van der Waals surface area contributed by atoms with Crippen LogP contribution in [0.4, 0.5) is 8.78 Å². The maximum Gasteiger partial charge on any atom is 0.387 e. The van der Waals surface area contributed by atoms with Gasteiger partial charge < -0.3 is 15.2 Å². The minimum absolute atomic E-state index is 0.00861. The number of hydrogen-bond acceptors (Lipinski definition) is 3. The summed E-state index contributed by atoms with van der Waals surface area (Å²) in [5, 5.41) is 12.9. The number of carbonyl (C=O) groups is 1. The molecule has 0 fully saturated rings. The van der Waals surface area contributed by atoms with Crippen molar-refractivity contribution in [2.75, 3.05) is 6.61 Å². The van der Waals surface area contributed by atoms with Gasteiger partial charge in [0.1, 0.15) is 5.75 Å². The highest BCUT2D eigenvalue weighted by atomic mass is 19.3. The largest absolute Gasteiger partial charge is 0.434 e. The van der Waals surface area contributed by atoms with E-state index in [4.69, 9.17) is 5.11 Å². The van der Waals surface area contributed by atoms with Gasteiger partial charge >= 0.3 is 6.61 Å². The van der Waals surface area contributed by atoms with Crippen LogP contribution in [-0.2, 0) is 0 Å². The first-order chi connectivity index (χ1) is 10.0. The molecule has 1 amide bonds. The number of alkyl halides is 2. The lowest BCUT2D eigenvalue weighted by Gasteiger charge is -2.15. The Bertz CT molecular complexity index is 646. The standard InChI is InChI=1S/C15H15F2NO3/c1-9(8-19)18-14(20)12-6-10-4-2-3-5-11(10)7-13(12)21-15(16)17/h2-7,9,15,19H,8H2,1H3,(H,18,20). The molecule has 1 unspecified atom stereocenters. The molecule has 0 saturated carbocycles. The summed E-state index contributed by atoms with van der Waals surface area (Å²) in [6.45, 7) is -1.66. The quantitative estimate of drug-likeness (QED) is 0.891. The van der Waals surface area contributed by atoms with Crippen molar-refractivity contribution in [3.8, 4) is 5.75 Å². The van der Waals surface area contributed by atoms with E-state index in [1.807, 2.05) is 0 Å². The molecule has 2 rings (SSSR count). The minimum atomic E-state index is -3.02. The van der Waals surface area contributed by atoms with Crippen molar-refractivity contribution in [3.05, 3.63) is 42.0 Å². The Labute approximate surface area is 120 Å². The third-order valence-electron chi connectivity index (χ3n) is 2.96. The number of nitrogens with one attached hydrogen (secondary N) is 1. The molecular weight excluding hydrogens is 280 g/mol. The first kappa shape index (κ1) is 15.2. The lowest BCUT2D eigenvalue weighted by Crippen LogP contribution is -2.35. The highest BCUT2D eigenvalue weighted by Crippen LogP contribution is 2.27. The number of aliphatic hydroxyl groups excluding tert-OH is 1. The Morgan fingerprint density at radius 2 is 1.90 bits per heavy atom. The van der Waals surface area contributed by atoms with E-state index >= 15 is 0 Å². The van der Waals surface area contributed by atoms with Crippen molar-refractivity contribution >= 4 is 16.7 Å². The number of carbonyl (C=O) groups excluding carboxylic acids is 1. The van der Waals surface area contributed by atoms with Crippen molar-refractivity contribution in [1.82, 2.24) is 5.32 Å². The molecule has 21 heavy (non-hydrogen) atoms. The van der Waals surface area contributed by atoms with Crippen LogP contribution in [0.1, 0.15) is 17.3 Å². The van der Waals surface area contributed by atoms with Gasteiger partial charge in [-0.3, -0.25) is 4.79 Å². The SMILES string of the molecule is CC(CO)NC(=O)c1cc2ccccc2cc1OC(F)F. The summed E-state index contributed by atoms with van der Waals surface area (Å²) in [7, 11) is 0. The Balaban J connectivity index is 2.45. The highest BCUT2D eigenvalue weighted by Gasteiger charge is 2.18. The summed E-state index contributed by atoms with van der Waals surface area (Å²) in [6, 6.07) is 9.48. The topological polar surface area (TPSA) is 58.6 Å². The van der Waals surface area contributed by atoms with Crippen LogP contribution in [0.2, 0.25) is 0 Å². The molecule has 0 aliphatic carbocycles. The second kappa shape index (κ2) is 6.49. The predicted octanol–water partition coefficient (Wildman–Crippen LogP) is 2.55. The van der Waals surface area contributed by atoms with Gasteiger partial charge in [0, 0.05) is 6.04 Å². The van der Waals surface area contributed by atoms with Crippen molar-refractivity contribution in [2.24, 2.45) is 0 Å². The van der Waals surface area contributed by atoms with Gasteiger partial charge in [-0.15, -0.1) is 0 Å². The fourth-order valence-corrected chi connectivity index (χ4v) is 1.94. The fraction of sp³-hybridized carbons (Fsp3) is 0.267. The number of benzene rings is 2. The maximum atomic E-state index is 12.5. The summed E-state index contributed by atoms with van der Waals surface area (Å²) < 4.78 is 29.4. The number of amides is 1. The number of ether oxygens (including phenoxy) is 1. The summed E-state index contributed by atoms with van der Waals surface area (Å²) >= 11 is 0. The molecular formula is C15H15F2NO3. The molecule has 0 spiro atoms. The van der Waals surface area contributed by atoms with Gasteiger partial charge in [-0.2, -0.15) is 8.78 Å². The Hall–Kier alpha value is -2.21. The van der Waals surface area contributed by atoms with Gasteiger partial charge in [0.15, 0.2) is 0 Å². The number of halogens is 2. The molecule has 112 valence electrons. The third kappa shape index (κ3) is 3.66. The van der Waals surface area contributed by atoms with Crippen molar-refractivity contribution < 1.29 is 23.4 Å². The smallest absolute Gasteiger partial charge is 0.387 e. The van der Waals surface area contributed by atoms with Crippen LogP contribution in [-0.4, -0.2) is 30.3 Å². The number of fused-ring (bicyclic) bond motifs is 1. The molecule has 0 aliphatic heterocycles. The molecule has 0 aliphatic rings. The lowest BCUT2D eigenvalue weighted by molar-refractivity contribution is -0.0500. The minimum Gasteiger partial charge on any atom is -0.434 e. The van der Waals surface area contributed by atoms with E-state index in [-0.39, 0.29) is 17.9 Å².